The van der Waals surface area contributed by atoms with Crippen LogP contribution in [0.3, 0.4) is 0 Å². The van der Waals surface area contributed by atoms with Crippen molar-refractivity contribution in [1.29, 1.82) is 0 Å². The molecule has 1 atom stereocenters. The van der Waals surface area contributed by atoms with Gasteiger partial charge in [-0.1, -0.05) is 36.4 Å². The number of benzene rings is 1. The first-order chi connectivity index (χ1) is 15.6. The minimum Gasteiger partial charge on any atom is -0.352 e. The molecule has 0 spiro atoms. The minimum atomic E-state index is -0.677. The Morgan fingerprint density at radius 3 is 2.72 bits per heavy atom. The number of hydrogen-bond acceptors (Lipinski definition) is 4. The van der Waals surface area contributed by atoms with Gasteiger partial charge < -0.3 is 10.2 Å². The van der Waals surface area contributed by atoms with Crippen molar-refractivity contribution in [3.63, 3.8) is 0 Å². The van der Waals surface area contributed by atoms with Crippen LogP contribution in [0.5, 0.6) is 0 Å². The molecule has 4 rings (SSSR count). The first-order valence-corrected chi connectivity index (χ1v) is 11.7. The highest BCUT2D eigenvalue weighted by atomic mass is 32.1. The monoisotopic (exact) mass is 445 g/mol. The van der Waals surface area contributed by atoms with Crippen molar-refractivity contribution in [2.45, 2.75) is 19.3 Å². The van der Waals surface area contributed by atoms with Crippen molar-refractivity contribution in [3.8, 4) is 10.4 Å². The number of piperidine rings is 1. The van der Waals surface area contributed by atoms with E-state index in [0.29, 0.717) is 31.6 Å². The Labute approximate surface area is 192 Å². The Morgan fingerprint density at radius 1 is 1.19 bits per heavy atom. The Hall–Kier alpha value is -3.25. The maximum Gasteiger partial charge on any atom is 0.255 e. The molecule has 3 aromatic rings. The van der Waals surface area contributed by atoms with E-state index in [1.54, 1.807) is 46.8 Å². The smallest absolute Gasteiger partial charge is 0.255 e. The summed E-state index contributed by atoms with van der Waals surface area (Å²) in [6.45, 7) is 5.15. The molecule has 2 aromatic heterocycles. The van der Waals surface area contributed by atoms with Gasteiger partial charge in [0.05, 0.1) is 11.0 Å². The summed E-state index contributed by atoms with van der Waals surface area (Å²) in [6.07, 6.45) is 7.01. The van der Waals surface area contributed by atoms with Gasteiger partial charge in [-0.3, -0.25) is 14.6 Å². The zero-order valence-corrected chi connectivity index (χ0v) is 18.8. The average Bonchev–Trinajstić information content (AvgIpc) is 3.38. The highest BCUT2D eigenvalue weighted by Crippen LogP contribution is 2.35. The second-order valence-corrected chi connectivity index (χ2v) is 9.15. The summed E-state index contributed by atoms with van der Waals surface area (Å²) in [5.41, 5.74) is 2.14. The lowest BCUT2D eigenvalue weighted by molar-refractivity contribution is -0.133. The van der Waals surface area contributed by atoms with Gasteiger partial charge in [0.15, 0.2) is 0 Å². The van der Waals surface area contributed by atoms with Gasteiger partial charge in [0.1, 0.15) is 0 Å². The fourth-order valence-electron chi connectivity index (χ4n) is 4.36. The van der Waals surface area contributed by atoms with E-state index < -0.39 is 5.41 Å². The number of carbonyl (C=O) groups is 2. The van der Waals surface area contributed by atoms with E-state index in [-0.39, 0.29) is 11.8 Å². The molecule has 5 nitrogen and oxygen atoms in total. The van der Waals surface area contributed by atoms with E-state index in [4.69, 9.17) is 0 Å². The molecule has 164 valence electrons. The van der Waals surface area contributed by atoms with Crippen LogP contribution >= 0.6 is 11.3 Å². The van der Waals surface area contributed by atoms with Crippen molar-refractivity contribution in [2.24, 2.45) is 5.41 Å². The summed E-state index contributed by atoms with van der Waals surface area (Å²) in [4.78, 5) is 33.5. The number of nitrogens with zero attached hydrogens (tertiary/aromatic N) is 2. The van der Waals surface area contributed by atoms with E-state index >= 15 is 0 Å². The van der Waals surface area contributed by atoms with E-state index in [1.807, 2.05) is 6.07 Å². The Kier molecular flexibility index (Phi) is 6.81. The van der Waals surface area contributed by atoms with Gasteiger partial charge in [-0.2, -0.15) is 0 Å². The van der Waals surface area contributed by atoms with Gasteiger partial charge in [-0.05, 0) is 54.0 Å². The Morgan fingerprint density at radius 2 is 2.03 bits per heavy atom. The maximum atomic E-state index is 13.3. The molecule has 0 unspecified atom stereocenters. The largest absolute Gasteiger partial charge is 0.352 e. The van der Waals surface area contributed by atoms with Crippen LogP contribution in [-0.4, -0.2) is 41.3 Å². The summed E-state index contributed by atoms with van der Waals surface area (Å²) in [7, 11) is 0. The molecular formula is C26H27N3O2S. The highest BCUT2D eigenvalue weighted by Gasteiger charge is 2.43. The van der Waals surface area contributed by atoms with Gasteiger partial charge in [-0.25, -0.2) is 0 Å². The van der Waals surface area contributed by atoms with Crippen molar-refractivity contribution < 1.29 is 9.59 Å². The molecule has 0 aliphatic carbocycles. The molecule has 1 aliphatic rings. The second kappa shape index (κ2) is 9.92. The SMILES string of the molecule is C=CCNC(=O)[C@@]1(Cc2ccc(-c3cccs3)cc2)CCCN(C(=O)c2cccnc2)C1. The topological polar surface area (TPSA) is 62.3 Å². The third-order valence-electron chi connectivity index (χ3n) is 5.96. The number of nitrogens with one attached hydrogen (secondary N) is 1. The lowest BCUT2D eigenvalue weighted by atomic mass is 9.74. The van der Waals surface area contributed by atoms with Crippen molar-refractivity contribution in [3.05, 3.63) is 90.1 Å². The predicted molar refractivity (Wildman–Crippen MR) is 128 cm³/mol. The molecule has 0 bridgehead atoms. The number of carbonyl (C=O) groups excluding carboxylic acids is 2. The number of likely N-dealkylation sites (tertiary alicyclic amines) is 1. The third-order valence-corrected chi connectivity index (χ3v) is 6.88. The van der Waals surface area contributed by atoms with Crippen LogP contribution in [-0.2, 0) is 11.2 Å². The zero-order valence-electron chi connectivity index (χ0n) is 18.0. The quantitative estimate of drug-likeness (QED) is 0.542. The summed E-state index contributed by atoms with van der Waals surface area (Å²) < 4.78 is 0. The number of rotatable bonds is 7. The molecule has 1 aromatic carbocycles. The van der Waals surface area contributed by atoms with Gasteiger partial charge in [0, 0.05) is 36.9 Å². The van der Waals surface area contributed by atoms with Crippen LogP contribution in [0.15, 0.2) is 79.0 Å². The van der Waals surface area contributed by atoms with E-state index in [0.717, 1.165) is 18.4 Å². The lowest BCUT2D eigenvalue weighted by Crippen LogP contribution is -2.54. The normalized spacial score (nSPS) is 18.2. The summed E-state index contributed by atoms with van der Waals surface area (Å²) >= 11 is 1.71. The van der Waals surface area contributed by atoms with E-state index in [9.17, 15) is 9.59 Å². The van der Waals surface area contributed by atoms with Crippen LogP contribution in [0.25, 0.3) is 10.4 Å². The van der Waals surface area contributed by atoms with Gasteiger partial charge in [-0.15, -0.1) is 17.9 Å². The molecular weight excluding hydrogens is 418 g/mol. The molecule has 0 radical (unpaired) electrons. The summed E-state index contributed by atoms with van der Waals surface area (Å²) in [5.74, 6) is -0.102. The fraction of sp³-hybridized carbons (Fsp3) is 0.269. The van der Waals surface area contributed by atoms with Crippen LogP contribution in [0.2, 0.25) is 0 Å². The third kappa shape index (κ3) is 4.81. The van der Waals surface area contributed by atoms with E-state index in [1.165, 1.54) is 10.4 Å². The maximum absolute atomic E-state index is 13.3. The molecule has 32 heavy (non-hydrogen) atoms. The summed E-state index contributed by atoms with van der Waals surface area (Å²) in [6, 6.07) is 16.1. The van der Waals surface area contributed by atoms with Crippen LogP contribution in [0.4, 0.5) is 0 Å². The number of thiophene rings is 1. The molecule has 1 N–H and O–H groups in total. The first kappa shape index (κ1) is 22.0. The van der Waals surface area contributed by atoms with Crippen molar-refractivity contribution in [1.82, 2.24) is 15.2 Å². The molecule has 6 heteroatoms. The number of hydrogen-bond donors (Lipinski definition) is 1. The Balaban J connectivity index is 1.58. The lowest BCUT2D eigenvalue weighted by Gasteiger charge is -2.42. The molecule has 1 fully saturated rings. The zero-order chi connectivity index (χ0) is 22.4. The number of aromatic nitrogens is 1. The minimum absolute atomic E-state index is 0.0246. The van der Waals surface area contributed by atoms with Crippen LogP contribution < -0.4 is 5.32 Å². The number of pyridine rings is 1. The van der Waals surface area contributed by atoms with Gasteiger partial charge in [0.2, 0.25) is 5.91 Å². The fourth-order valence-corrected chi connectivity index (χ4v) is 5.09. The molecule has 1 aliphatic heterocycles. The van der Waals surface area contributed by atoms with Gasteiger partial charge in [0.25, 0.3) is 5.91 Å². The molecule has 0 saturated carbocycles. The van der Waals surface area contributed by atoms with Crippen molar-refractivity contribution in [2.75, 3.05) is 19.6 Å². The van der Waals surface area contributed by atoms with Crippen LogP contribution in [0, 0.1) is 5.41 Å². The molecule has 1 saturated heterocycles. The van der Waals surface area contributed by atoms with Gasteiger partial charge >= 0.3 is 0 Å². The van der Waals surface area contributed by atoms with E-state index in [2.05, 4.69) is 52.6 Å². The average molecular weight is 446 g/mol. The molecule has 2 amide bonds. The first-order valence-electron chi connectivity index (χ1n) is 10.8. The predicted octanol–water partition coefficient (Wildman–Crippen LogP) is 4.58. The standard InChI is InChI=1S/C26H27N3O2S/c1-2-13-28-25(31)26(17-20-8-10-21(11-9-20)23-7-4-16-32-23)12-5-15-29(19-26)24(30)22-6-3-14-27-18-22/h2-4,6-11,14,16,18H,1,5,12-13,15,17,19H2,(H,28,31)/t26-/m1/s1. The highest BCUT2D eigenvalue weighted by molar-refractivity contribution is 7.13. The molecule has 3 heterocycles. The Bertz CT molecular complexity index is 1060. The number of amides is 2. The summed E-state index contributed by atoms with van der Waals surface area (Å²) in [5, 5.41) is 5.06. The second-order valence-electron chi connectivity index (χ2n) is 8.20. The van der Waals surface area contributed by atoms with Crippen molar-refractivity contribution >= 4 is 23.2 Å². The van der Waals surface area contributed by atoms with Crippen LogP contribution in [0.1, 0.15) is 28.8 Å².